The van der Waals surface area contributed by atoms with Crippen molar-refractivity contribution in [2.45, 2.75) is 25.0 Å². The highest BCUT2D eigenvalue weighted by Crippen LogP contribution is 2.39. The van der Waals surface area contributed by atoms with Gasteiger partial charge >= 0.3 is 6.18 Å². The van der Waals surface area contributed by atoms with Gasteiger partial charge in [-0.15, -0.1) is 0 Å². The third-order valence-electron chi connectivity index (χ3n) is 6.74. The molecule has 2 atom stereocenters. The molecule has 218 valence electrons. The lowest BCUT2D eigenvalue weighted by Gasteiger charge is -2.15. The summed E-state index contributed by atoms with van der Waals surface area (Å²) in [5.41, 5.74) is 5.28. The van der Waals surface area contributed by atoms with Crippen LogP contribution in [0.3, 0.4) is 0 Å². The number of nitrogen functional groups attached to an aromatic ring is 1. The van der Waals surface area contributed by atoms with Crippen LogP contribution in [0.2, 0.25) is 0 Å². The Morgan fingerprint density at radius 3 is 2.60 bits per heavy atom. The number of furan rings is 1. The number of halogens is 4. The lowest BCUT2D eigenvalue weighted by Crippen LogP contribution is -2.30. The quantitative estimate of drug-likeness (QED) is 0.240. The number of likely N-dealkylation sites (tertiary alicyclic amines) is 1. The molecule has 3 N–H and O–H groups in total. The van der Waals surface area contributed by atoms with Gasteiger partial charge in [-0.25, -0.2) is 9.37 Å². The molecule has 1 saturated heterocycles. The van der Waals surface area contributed by atoms with E-state index in [9.17, 15) is 27.2 Å². The van der Waals surface area contributed by atoms with E-state index in [1.54, 1.807) is 12.1 Å². The Balaban J connectivity index is 1.34. The number of ether oxygens (including phenoxy) is 1. The van der Waals surface area contributed by atoms with Gasteiger partial charge in [-0.1, -0.05) is 0 Å². The van der Waals surface area contributed by atoms with Crippen molar-refractivity contribution in [3.05, 3.63) is 83.4 Å². The maximum atomic E-state index is 14.0. The number of rotatable bonds is 7. The summed E-state index contributed by atoms with van der Waals surface area (Å²) in [4.78, 5) is 34.4. The third-order valence-corrected chi connectivity index (χ3v) is 6.74. The molecule has 0 unspecified atom stereocenters. The smallest absolute Gasteiger partial charge is 0.420 e. The third kappa shape index (κ3) is 6.25. The van der Waals surface area contributed by atoms with E-state index in [0.717, 1.165) is 6.07 Å². The summed E-state index contributed by atoms with van der Waals surface area (Å²) < 4.78 is 66.5. The fourth-order valence-corrected chi connectivity index (χ4v) is 4.57. The van der Waals surface area contributed by atoms with Crippen LogP contribution in [0, 0.1) is 0 Å². The Morgan fingerprint density at radius 2 is 1.95 bits per heavy atom. The Morgan fingerprint density at radius 1 is 1.14 bits per heavy atom. The predicted octanol–water partition coefficient (Wildman–Crippen LogP) is 4.63. The highest BCUT2D eigenvalue weighted by atomic mass is 19.4. The molecule has 0 spiro atoms. The monoisotopic (exact) mass is 583 g/mol. The van der Waals surface area contributed by atoms with Crippen molar-refractivity contribution < 1.29 is 36.3 Å². The van der Waals surface area contributed by atoms with Crippen molar-refractivity contribution in [3.63, 3.8) is 0 Å². The minimum absolute atomic E-state index is 0.0868. The Kier molecular flexibility index (Phi) is 7.94. The zero-order chi connectivity index (χ0) is 30.0. The van der Waals surface area contributed by atoms with Gasteiger partial charge in [0.05, 0.1) is 36.5 Å². The Hall–Kier alpha value is -4.78. The summed E-state index contributed by atoms with van der Waals surface area (Å²) >= 11 is 0. The molecule has 9 nitrogen and oxygen atoms in total. The van der Waals surface area contributed by atoms with Crippen LogP contribution in [0.5, 0.6) is 0 Å². The van der Waals surface area contributed by atoms with Crippen molar-refractivity contribution in [3.8, 4) is 11.3 Å². The summed E-state index contributed by atoms with van der Waals surface area (Å²) in [5.74, 6) is -0.494. The normalized spacial score (nSPS) is 17.3. The first-order valence-electron chi connectivity index (χ1n) is 12.8. The molecule has 2 amide bonds. The van der Waals surface area contributed by atoms with Crippen LogP contribution in [0.1, 0.15) is 27.2 Å². The summed E-state index contributed by atoms with van der Waals surface area (Å²) in [6, 6.07) is 9.91. The number of fused-ring (bicyclic) bond motifs is 1. The number of aromatic nitrogens is 2. The molecule has 5 rings (SSSR count). The van der Waals surface area contributed by atoms with Crippen LogP contribution in [-0.4, -0.2) is 59.2 Å². The Bertz CT molecular complexity index is 1640. The maximum Gasteiger partial charge on any atom is 0.420 e. The van der Waals surface area contributed by atoms with Gasteiger partial charge in [0.2, 0.25) is 5.91 Å². The van der Waals surface area contributed by atoms with E-state index in [-0.39, 0.29) is 53.2 Å². The molecule has 13 heteroatoms. The van der Waals surface area contributed by atoms with Gasteiger partial charge in [0.25, 0.3) is 5.91 Å². The number of benzene rings is 1. The number of hydrogen-bond donors (Lipinski definition) is 2. The summed E-state index contributed by atoms with van der Waals surface area (Å²) in [6.07, 6.45) is -1.27. The van der Waals surface area contributed by atoms with Gasteiger partial charge in [-0.3, -0.25) is 14.6 Å². The fraction of sp³-hybridized carbons (Fsp3) is 0.241. The van der Waals surface area contributed by atoms with Crippen molar-refractivity contribution >= 4 is 34.7 Å². The Labute approximate surface area is 237 Å². The van der Waals surface area contributed by atoms with E-state index in [4.69, 9.17) is 14.9 Å². The van der Waals surface area contributed by atoms with Gasteiger partial charge in [-0.05, 0) is 54.1 Å². The van der Waals surface area contributed by atoms with Gasteiger partial charge in [0, 0.05) is 36.5 Å². The molecular formula is C29H25F4N5O4. The number of carbonyl (C=O) groups excluding carboxylic acids is 2. The maximum absolute atomic E-state index is 14.0. The first kappa shape index (κ1) is 28.7. The van der Waals surface area contributed by atoms with Gasteiger partial charge in [0.15, 0.2) is 0 Å². The van der Waals surface area contributed by atoms with E-state index in [1.807, 2.05) is 0 Å². The molecule has 0 bridgehead atoms. The molecule has 4 aromatic rings. The molecule has 1 fully saturated rings. The average Bonchev–Trinajstić information content (AvgIpc) is 3.57. The highest BCUT2D eigenvalue weighted by Gasteiger charge is 2.37. The first-order valence-corrected chi connectivity index (χ1v) is 12.8. The van der Waals surface area contributed by atoms with Crippen molar-refractivity contribution in [1.82, 2.24) is 20.2 Å². The molecule has 0 radical (unpaired) electrons. The number of methoxy groups -OCH3 is 1. The number of alkyl halides is 4. The first-order chi connectivity index (χ1) is 20.0. The standard InChI is InChI=1S/C29H25F4N5O4/c1-41-24-15-38(14-22(24)30)28(40)17-4-5-23(35-12-17)18-8-19-9-20(42-27(19)21(10-18)29(31,32)33)13-37-26(39)7-3-16-2-6-25(34)36-11-16/h2-12,22,24H,13-15H2,1H3,(H2,34,36)(H,37,39)/b7-3+/t22-,24-/m1/s1. The van der Waals surface area contributed by atoms with E-state index in [2.05, 4.69) is 15.3 Å². The van der Waals surface area contributed by atoms with E-state index in [1.165, 1.54) is 60.8 Å². The van der Waals surface area contributed by atoms with Crippen LogP contribution in [0.25, 0.3) is 28.3 Å². The number of anilines is 1. The topological polar surface area (TPSA) is 124 Å². The molecule has 4 heterocycles. The second kappa shape index (κ2) is 11.6. The summed E-state index contributed by atoms with van der Waals surface area (Å²) in [7, 11) is 1.37. The number of hydrogen-bond acceptors (Lipinski definition) is 7. The summed E-state index contributed by atoms with van der Waals surface area (Å²) in [5, 5.41) is 2.73. The van der Waals surface area contributed by atoms with Crippen molar-refractivity contribution in [2.24, 2.45) is 0 Å². The van der Waals surface area contributed by atoms with Crippen LogP contribution in [0.4, 0.5) is 23.4 Å². The number of pyridine rings is 2. The van der Waals surface area contributed by atoms with Crippen LogP contribution >= 0.6 is 0 Å². The fourth-order valence-electron chi connectivity index (χ4n) is 4.57. The molecule has 3 aromatic heterocycles. The zero-order valence-corrected chi connectivity index (χ0v) is 22.2. The number of carbonyl (C=O) groups is 2. The molecule has 0 saturated carbocycles. The van der Waals surface area contributed by atoms with Crippen LogP contribution in [0.15, 0.2) is 65.4 Å². The molecule has 1 aliphatic rings. The number of nitrogens with one attached hydrogen (secondary N) is 1. The molecule has 42 heavy (non-hydrogen) atoms. The molecule has 0 aliphatic carbocycles. The second-order valence-electron chi connectivity index (χ2n) is 9.65. The molecular weight excluding hydrogens is 558 g/mol. The average molecular weight is 584 g/mol. The van der Waals surface area contributed by atoms with Gasteiger partial charge in [0.1, 0.15) is 29.4 Å². The number of amides is 2. The van der Waals surface area contributed by atoms with Gasteiger partial charge < -0.3 is 25.1 Å². The van der Waals surface area contributed by atoms with E-state index >= 15 is 0 Å². The largest absolute Gasteiger partial charge is 0.459 e. The zero-order valence-electron chi connectivity index (χ0n) is 22.2. The van der Waals surface area contributed by atoms with Crippen LogP contribution in [-0.2, 0) is 22.3 Å². The lowest BCUT2D eigenvalue weighted by molar-refractivity contribution is -0.136. The number of nitrogens with zero attached hydrogens (tertiary/aromatic N) is 3. The van der Waals surface area contributed by atoms with E-state index in [0.29, 0.717) is 11.4 Å². The van der Waals surface area contributed by atoms with Crippen molar-refractivity contribution in [2.75, 3.05) is 25.9 Å². The minimum atomic E-state index is -4.74. The molecule has 1 aromatic carbocycles. The minimum Gasteiger partial charge on any atom is -0.459 e. The second-order valence-corrected chi connectivity index (χ2v) is 9.65. The lowest BCUT2D eigenvalue weighted by atomic mass is 10.0. The molecule has 1 aliphatic heterocycles. The highest BCUT2D eigenvalue weighted by molar-refractivity contribution is 5.95. The number of nitrogens with two attached hydrogens (primary N) is 1. The van der Waals surface area contributed by atoms with Gasteiger partial charge in [-0.2, -0.15) is 13.2 Å². The summed E-state index contributed by atoms with van der Waals surface area (Å²) in [6.45, 7) is -0.187. The van der Waals surface area contributed by atoms with Crippen LogP contribution < -0.4 is 11.1 Å². The predicted molar refractivity (Wildman–Crippen MR) is 146 cm³/mol. The van der Waals surface area contributed by atoms with Crippen molar-refractivity contribution in [1.29, 1.82) is 0 Å². The SMILES string of the molecule is CO[C@@H]1CN(C(=O)c2ccc(-c3cc(C(F)(F)F)c4oc(CNC(=O)/C=C/c5ccc(N)nc5)cc4c3)nc2)C[C@H]1F. The van der Waals surface area contributed by atoms with E-state index < -0.39 is 35.8 Å².